The Bertz CT molecular complexity index is 1280. The van der Waals surface area contributed by atoms with Crippen molar-refractivity contribution in [2.75, 3.05) is 13.2 Å². The zero-order chi connectivity index (χ0) is 28.2. The Hall–Kier alpha value is -3.13. The minimum Gasteiger partial charge on any atom is -0.507 e. The van der Waals surface area contributed by atoms with Crippen LogP contribution in [0.2, 0.25) is 0 Å². The number of allylic oxidation sites excluding steroid dienone is 4. The lowest BCUT2D eigenvalue weighted by atomic mass is 9.69. The maximum absolute atomic E-state index is 14.0. The van der Waals surface area contributed by atoms with Gasteiger partial charge < -0.3 is 25.0 Å². The van der Waals surface area contributed by atoms with Gasteiger partial charge in [0.2, 0.25) is 0 Å². The van der Waals surface area contributed by atoms with E-state index >= 15 is 0 Å². The van der Waals surface area contributed by atoms with Crippen LogP contribution in [0.5, 0.6) is 17.2 Å². The summed E-state index contributed by atoms with van der Waals surface area (Å²) < 4.78 is 11.8. The third-order valence-electron chi connectivity index (χ3n) is 8.51. The summed E-state index contributed by atoms with van der Waals surface area (Å²) in [5, 5.41) is 24.8. The average molecular weight is 526 g/mol. The molecule has 206 valence electrons. The number of hydrogen-bond donors (Lipinski definition) is 3. The Morgan fingerprint density at radius 1 is 1.11 bits per heavy atom. The monoisotopic (exact) mass is 525 g/mol. The number of ether oxygens (including phenoxy) is 2. The normalized spacial score (nSPS) is 27.3. The topological polar surface area (TPSA) is 122 Å². The first-order valence-electron chi connectivity index (χ1n) is 13.4. The van der Waals surface area contributed by atoms with E-state index in [0.29, 0.717) is 12.2 Å². The van der Waals surface area contributed by atoms with Gasteiger partial charge in [0.25, 0.3) is 0 Å². The molecule has 38 heavy (non-hydrogen) atoms. The Labute approximate surface area is 224 Å². The van der Waals surface area contributed by atoms with Crippen LogP contribution in [0.25, 0.3) is 0 Å². The number of Topliss-reactive ketones (excluding diaryl/α,β-unsaturated/α-hetero) is 2. The molecule has 1 aliphatic carbocycles. The minimum atomic E-state index is -1.51. The first kappa shape index (κ1) is 27.9. The molecule has 1 fully saturated rings. The number of carbonyl (C=O) groups is 3. The first-order chi connectivity index (χ1) is 17.7. The third-order valence-corrected chi connectivity index (χ3v) is 8.51. The summed E-state index contributed by atoms with van der Waals surface area (Å²) in [6, 6.07) is 0. The van der Waals surface area contributed by atoms with Gasteiger partial charge in [-0.05, 0) is 72.6 Å². The SMILES string of the molecule is CCCC1(CCNC(C)=C2C(=O)C=C3Oc4c(C(C)=O)c(O)c(C)c(O)c4[C@@]3(C)C2=O)CCOC(C)(C)C1. The highest BCUT2D eigenvalue weighted by molar-refractivity contribution is 6.31. The Morgan fingerprint density at radius 3 is 2.39 bits per heavy atom. The highest BCUT2D eigenvalue weighted by Gasteiger charge is 2.56. The van der Waals surface area contributed by atoms with Crippen LogP contribution in [0.3, 0.4) is 0 Å². The van der Waals surface area contributed by atoms with Crippen molar-refractivity contribution in [3.05, 3.63) is 39.8 Å². The van der Waals surface area contributed by atoms with Crippen LogP contribution in [-0.4, -0.2) is 46.3 Å². The van der Waals surface area contributed by atoms with Gasteiger partial charge in [0.05, 0.1) is 16.7 Å². The standard InChI is InChI=1S/C30H39NO7/c1-8-9-30(11-13-37-28(5,6)15-30)10-12-31-17(3)21-19(33)14-20-29(7,27(21)36)23-25(35)16(2)24(34)22(18(4)32)26(23)38-20/h14,31,34-35H,8-13,15H2,1-7H3/t29-,30?/m0/s1. The molecule has 4 rings (SSSR count). The summed E-state index contributed by atoms with van der Waals surface area (Å²) in [7, 11) is 0. The van der Waals surface area contributed by atoms with Gasteiger partial charge in [-0.1, -0.05) is 13.3 Å². The van der Waals surface area contributed by atoms with E-state index in [1.165, 1.54) is 19.9 Å². The summed E-state index contributed by atoms with van der Waals surface area (Å²) in [6.07, 6.45) is 6.20. The summed E-state index contributed by atoms with van der Waals surface area (Å²) in [6.45, 7) is 13.8. The fraction of sp³-hybridized carbons (Fsp3) is 0.567. The number of phenolic OH excluding ortho intramolecular Hbond substituents is 2. The van der Waals surface area contributed by atoms with Crippen molar-refractivity contribution >= 4 is 17.3 Å². The Balaban J connectivity index is 1.67. The number of hydrogen-bond acceptors (Lipinski definition) is 8. The molecule has 0 bridgehead atoms. The van der Waals surface area contributed by atoms with Crippen molar-refractivity contribution < 1.29 is 34.1 Å². The number of fused-ring (bicyclic) bond motifs is 3. The number of rotatable bonds is 7. The van der Waals surface area contributed by atoms with Crippen LogP contribution in [0.1, 0.15) is 95.1 Å². The fourth-order valence-corrected chi connectivity index (χ4v) is 6.63. The molecule has 8 nitrogen and oxygen atoms in total. The molecule has 0 amide bonds. The smallest absolute Gasteiger partial charge is 0.194 e. The van der Waals surface area contributed by atoms with Gasteiger partial charge in [-0.2, -0.15) is 0 Å². The highest BCUT2D eigenvalue weighted by Crippen LogP contribution is 2.57. The third kappa shape index (κ3) is 4.32. The molecule has 8 heteroatoms. The molecular weight excluding hydrogens is 486 g/mol. The van der Waals surface area contributed by atoms with E-state index in [0.717, 1.165) is 38.7 Å². The lowest BCUT2D eigenvalue weighted by molar-refractivity contribution is -0.123. The van der Waals surface area contributed by atoms with E-state index in [4.69, 9.17) is 9.47 Å². The van der Waals surface area contributed by atoms with Crippen LogP contribution in [0.15, 0.2) is 23.1 Å². The number of carbonyl (C=O) groups excluding carboxylic acids is 3. The second-order valence-electron chi connectivity index (χ2n) is 11.8. The first-order valence-corrected chi connectivity index (χ1v) is 13.4. The number of nitrogens with one attached hydrogen (secondary N) is 1. The summed E-state index contributed by atoms with van der Waals surface area (Å²) in [4.78, 5) is 39.5. The molecule has 0 spiro atoms. The zero-order valence-electron chi connectivity index (χ0n) is 23.5. The molecule has 2 aliphatic heterocycles. The predicted molar refractivity (Wildman–Crippen MR) is 143 cm³/mol. The maximum Gasteiger partial charge on any atom is 0.194 e. The van der Waals surface area contributed by atoms with E-state index in [1.807, 2.05) is 0 Å². The Kier molecular flexibility index (Phi) is 7.02. The van der Waals surface area contributed by atoms with Gasteiger partial charge >= 0.3 is 0 Å². The largest absolute Gasteiger partial charge is 0.507 e. The van der Waals surface area contributed by atoms with Crippen molar-refractivity contribution in [2.24, 2.45) is 5.41 Å². The summed E-state index contributed by atoms with van der Waals surface area (Å²) in [5.74, 6) is -2.27. The van der Waals surface area contributed by atoms with Crippen LogP contribution >= 0.6 is 0 Å². The van der Waals surface area contributed by atoms with E-state index in [2.05, 4.69) is 26.1 Å². The molecule has 1 saturated heterocycles. The molecule has 1 aromatic carbocycles. The molecule has 0 radical (unpaired) electrons. The van der Waals surface area contributed by atoms with Crippen LogP contribution in [-0.2, 0) is 19.7 Å². The van der Waals surface area contributed by atoms with Gasteiger partial charge in [-0.15, -0.1) is 0 Å². The number of benzene rings is 1. The average Bonchev–Trinajstić information content (AvgIpc) is 3.10. The van der Waals surface area contributed by atoms with Crippen molar-refractivity contribution in [2.45, 2.75) is 91.6 Å². The lowest BCUT2D eigenvalue weighted by Crippen LogP contribution is -2.43. The van der Waals surface area contributed by atoms with Crippen molar-refractivity contribution in [1.29, 1.82) is 0 Å². The van der Waals surface area contributed by atoms with Gasteiger partial charge in [0.1, 0.15) is 34.0 Å². The maximum atomic E-state index is 14.0. The molecular formula is C30H39NO7. The quantitative estimate of drug-likeness (QED) is 0.260. The van der Waals surface area contributed by atoms with Crippen LogP contribution in [0, 0.1) is 12.3 Å². The highest BCUT2D eigenvalue weighted by atomic mass is 16.5. The van der Waals surface area contributed by atoms with Crippen molar-refractivity contribution in [1.82, 2.24) is 5.32 Å². The molecule has 0 saturated carbocycles. The number of phenols is 2. The summed E-state index contributed by atoms with van der Waals surface area (Å²) in [5.41, 5.74) is -1.06. The second kappa shape index (κ2) is 9.56. The minimum absolute atomic E-state index is 0.000878. The van der Waals surface area contributed by atoms with E-state index in [-0.39, 0.29) is 50.5 Å². The van der Waals surface area contributed by atoms with Crippen LogP contribution in [0.4, 0.5) is 0 Å². The number of ketones is 3. The molecule has 3 N–H and O–H groups in total. The lowest BCUT2D eigenvalue weighted by Gasteiger charge is -2.45. The van der Waals surface area contributed by atoms with Crippen molar-refractivity contribution in [3.63, 3.8) is 0 Å². The summed E-state index contributed by atoms with van der Waals surface area (Å²) >= 11 is 0. The van der Waals surface area contributed by atoms with Gasteiger partial charge in [-0.3, -0.25) is 14.4 Å². The molecule has 2 heterocycles. The molecule has 0 aromatic heterocycles. The molecule has 3 aliphatic rings. The Morgan fingerprint density at radius 2 is 1.79 bits per heavy atom. The van der Waals surface area contributed by atoms with E-state index in [1.54, 1.807) is 13.8 Å². The van der Waals surface area contributed by atoms with Gasteiger partial charge in [0, 0.05) is 30.5 Å². The van der Waals surface area contributed by atoms with Crippen molar-refractivity contribution in [3.8, 4) is 17.2 Å². The predicted octanol–water partition coefficient (Wildman–Crippen LogP) is 4.92. The van der Waals surface area contributed by atoms with Gasteiger partial charge in [0.15, 0.2) is 17.3 Å². The molecule has 1 unspecified atom stereocenters. The van der Waals surface area contributed by atoms with Crippen LogP contribution < -0.4 is 10.1 Å². The fourth-order valence-electron chi connectivity index (χ4n) is 6.63. The van der Waals surface area contributed by atoms with Gasteiger partial charge in [-0.25, -0.2) is 0 Å². The number of aromatic hydroxyl groups is 2. The molecule has 1 aromatic rings. The molecule has 2 atom stereocenters. The van der Waals surface area contributed by atoms with E-state index < -0.39 is 28.5 Å². The zero-order valence-corrected chi connectivity index (χ0v) is 23.5. The van der Waals surface area contributed by atoms with E-state index in [9.17, 15) is 24.6 Å². The second-order valence-corrected chi connectivity index (χ2v) is 11.8.